The van der Waals surface area contributed by atoms with Gasteiger partial charge in [-0.3, -0.25) is 5.43 Å². The molecule has 1 aliphatic rings. The highest BCUT2D eigenvalue weighted by molar-refractivity contribution is 5.30. The number of benzene rings is 1. The first-order valence-electron chi connectivity index (χ1n) is 6.64. The van der Waals surface area contributed by atoms with Crippen LogP contribution in [-0.2, 0) is 0 Å². The molecule has 4 nitrogen and oxygen atoms in total. The topological polar surface area (TPSA) is 45.3 Å². The summed E-state index contributed by atoms with van der Waals surface area (Å²) in [6, 6.07) is 9.19. The molecule has 0 aliphatic carbocycles. The maximum atomic E-state index is 5.47. The van der Waals surface area contributed by atoms with Gasteiger partial charge in [0.25, 0.3) is 0 Å². The molecular formula is C14H23N3O. The molecule has 3 unspecified atom stereocenters. The van der Waals surface area contributed by atoms with Crippen LogP contribution < -0.4 is 20.9 Å². The van der Waals surface area contributed by atoms with Gasteiger partial charge in [0, 0.05) is 18.5 Å². The molecule has 100 valence electrons. The lowest BCUT2D eigenvalue weighted by Gasteiger charge is -2.21. The van der Waals surface area contributed by atoms with Crippen molar-refractivity contribution in [2.75, 3.05) is 20.2 Å². The molecule has 1 aromatic rings. The molecule has 0 radical (unpaired) electrons. The molecule has 1 saturated heterocycles. The van der Waals surface area contributed by atoms with Crippen molar-refractivity contribution in [3.8, 4) is 5.75 Å². The normalized spacial score (nSPS) is 27.4. The highest BCUT2D eigenvalue weighted by Crippen LogP contribution is 2.29. The summed E-state index contributed by atoms with van der Waals surface area (Å²) in [6.45, 7) is 5.92. The van der Waals surface area contributed by atoms with E-state index in [9.17, 15) is 0 Å². The average Bonchev–Trinajstić information content (AvgIpc) is 2.73. The summed E-state index contributed by atoms with van der Waals surface area (Å²) < 4.78 is 5.47. The van der Waals surface area contributed by atoms with Crippen LogP contribution in [0.15, 0.2) is 24.3 Å². The third-order valence-electron chi connectivity index (χ3n) is 3.53. The molecule has 18 heavy (non-hydrogen) atoms. The standard InChI is InChI=1S/C14H23N3O/c1-4-18-12-7-5-11(6-8-12)14-13(9-15-3)10(2)16-17-14/h5-8,10,13-17H,4,9H2,1-3H3. The minimum Gasteiger partial charge on any atom is -0.494 e. The summed E-state index contributed by atoms with van der Waals surface area (Å²) in [5.41, 5.74) is 8.00. The Kier molecular flexibility index (Phi) is 4.58. The van der Waals surface area contributed by atoms with E-state index in [4.69, 9.17) is 4.74 Å². The van der Waals surface area contributed by atoms with Gasteiger partial charge in [0.15, 0.2) is 0 Å². The smallest absolute Gasteiger partial charge is 0.119 e. The van der Waals surface area contributed by atoms with Crippen molar-refractivity contribution in [1.29, 1.82) is 0 Å². The average molecular weight is 249 g/mol. The van der Waals surface area contributed by atoms with Gasteiger partial charge in [-0.1, -0.05) is 12.1 Å². The fourth-order valence-electron chi connectivity index (χ4n) is 2.52. The predicted octanol–water partition coefficient (Wildman–Crippen LogP) is 1.46. The predicted molar refractivity (Wildman–Crippen MR) is 73.5 cm³/mol. The molecule has 3 atom stereocenters. The summed E-state index contributed by atoms with van der Waals surface area (Å²) in [6.07, 6.45) is 0. The summed E-state index contributed by atoms with van der Waals surface area (Å²) in [4.78, 5) is 0. The van der Waals surface area contributed by atoms with Gasteiger partial charge in [-0.2, -0.15) is 0 Å². The van der Waals surface area contributed by atoms with E-state index in [-0.39, 0.29) is 0 Å². The Morgan fingerprint density at radius 1 is 1.22 bits per heavy atom. The Bertz CT molecular complexity index is 366. The van der Waals surface area contributed by atoms with Gasteiger partial charge in [0.05, 0.1) is 12.6 Å². The van der Waals surface area contributed by atoms with Crippen LogP contribution >= 0.6 is 0 Å². The Hall–Kier alpha value is -1.10. The minimum absolute atomic E-state index is 0.350. The molecule has 1 fully saturated rings. The van der Waals surface area contributed by atoms with E-state index in [0.29, 0.717) is 24.6 Å². The van der Waals surface area contributed by atoms with E-state index in [0.717, 1.165) is 12.3 Å². The van der Waals surface area contributed by atoms with Gasteiger partial charge in [-0.25, -0.2) is 5.43 Å². The maximum Gasteiger partial charge on any atom is 0.119 e. The van der Waals surface area contributed by atoms with Crippen LogP contribution in [-0.4, -0.2) is 26.2 Å². The first-order valence-corrected chi connectivity index (χ1v) is 6.64. The van der Waals surface area contributed by atoms with E-state index >= 15 is 0 Å². The third kappa shape index (κ3) is 2.83. The molecule has 0 saturated carbocycles. The molecule has 0 spiro atoms. The highest BCUT2D eigenvalue weighted by Gasteiger charge is 2.33. The molecular weight excluding hydrogens is 226 g/mol. The van der Waals surface area contributed by atoms with E-state index in [1.807, 2.05) is 26.1 Å². The van der Waals surface area contributed by atoms with Gasteiger partial charge < -0.3 is 10.1 Å². The highest BCUT2D eigenvalue weighted by atomic mass is 16.5. The van der Waals surface area contributed by atoms with Crippen molar-refractivity contribution in [3.05, 3.63) is 29.8 Å². The summed E-state index contributed by atoms with van der Waals surface area (Å²) in [5, 5.41) is 3.27. The summed E-state index contributed by atoms with van der Waals surface area (Å²) in [5.74, 6) is 1.48. The minimum atomic E-state index is 0.350. The molecule has 1 heterocycles. The van der Waals surface area contributed by atoms with E-state index in [1.165, 1.54) is 5.56 Å². The molecule has 0 aromatic heterocycles. The van der Waals surface area contributed by atoms with Gasteiger partial charge >= 0.3 is 0 Å². The quantitative estimate of drug-likeness (QED) is 0.739. The molecule has 4 heteroatoms. The molecule has 2 rings (SSSR count). The number of rotatable bonds is 5. The molecule has 0 amide bonds. The zero-order chi connectivity index (χ0) is 13.0. The molecule has 0 bridgehead atoms. The summed E-state index contributed by atoms with van der Waals surface area (Å²) >= 11 is 0. The first-order chi connectivity index (χ1) is 8.76. The fraction of sp³-hybridized carbons (Fsp3) is 0.571. The van der Waals surface area contributed by atoms with Gasteiger partial charge in [-0.15, -0.1) is 0 Å². The first kappa shape index (κ1) is 13.3. The van der Waals surface area contributed by atoms with E-state index in [1.54, 1.807) is 0 Å². The van der Waals surface area contributed by atoms with Gasteiger partial charge in [0.2, 0.25) is 0 Å². The Balaban J connectivity index is 2.10. The second kappa shape index (κ2) is 6.18. The molecule has 1 aromatic carbocycles. The number of hydrazine groups is 1. The van der Waals surface area contributed by atoms with E-state index < -0.39 is 0 Å². The largest absolute Gasteiger partial charge is 0.494 e. The Morgan fingerprint density at radius 2 is 1.94 bits per heavy atom. The zero-order valence-electron chi connectivity index (χ0n) is 11.4. The van der Waals surface area contributed by atoms with E-state index in [2.05, 4.69) is 35.2 Å². The monoisotopic (exact) mass is 249 g/mol. The van der Waals surface area contributed by atoms with Crippen molar-refractivity contribution >= 4 is 0 Å². The van der Waals surface area contributed by atoms with Crippen LogP contribution in [0, 0.1) is 5.92 Å². The second-order valence-corrected chi connectivity index (χ2v) is 4.78. The third-order valence-corrected chi connectivity index (χ3v) is 3.53. The number of hydrogen-bond donors (Lipinski definition) is 3. The van der Waals surface area contributed by atoms with Gasteiger partial charge in [0.1, 0.15) is 5.75 Å². The van der Waals surface area contributed by atoms with Crippen LogP contribution in [0.4, 0.5) is 0 Å². The van der Waals surface area contributed by atoms with Crippen molar-refractivity contribution in [1.82, 2.24) is 16.2 Å². The van der Waals surface area contributed by atoms with Crippen molar-refractivity contribution < 1.29 is 4.74 Å². The Morgan fingerprint density at radius 3 is 2.56 bits per heavy atom. The number of hydrogen-bond acceptors (Lipinski definition) is 4. The van der Waals surface area contributed by atoms with Gasteiger partial charge in [-0.05, 0) is 38.6 Å². The lowest BCUT2D eigenvalue weighted by molar-refractivity contribution is 0.340. The van der Waals surface area contributed by atoms with Crippen LogP contribution in [0.3, 0.4) is 0 Å². The van der Waals surface area contributed by atoms with Crippen molar-refractivity contribution in [3.63, 3.8) is 0 Å². The Labute approximate surface area is 109 Å². The zero-order valence-corrected chi connectivity index (χ0v) is 11.4. The molecule has 1 aliphatic heterocycles. The number of ether oxygens (including phenoxy) is 1. The lowest BCUT2D eigenvalue weighted by atomic mass is 9.90. The van der Waals surface area contributed by atoms with Crippen molar-refractivity contribution in [2.45, 2.75) is 25.9 Å². The SMILES string of the molecule is CCOc1ccc(C2NNC(C)C2CNC)cc1. The van der Waals surface area contributed by atoms with Crippen molar-refractivity contribution in [2.24, 2.45) is 5.92 Å². The second-order valence-electron chi connectivity index (χ2n) is 4.78. The fourth-order valence-corrected chi connectivity index (χ4v) is 2.52. The van der Waals surface area contributed by atoms with Crippen LogP contribution in [0.5, 0.6) is 5.75 Å². The molecule has 3 N–H and O–H groups in total. The summed E-state index contributed by atoms with van der Waals surface area (Å²) in [7, 11) is 2.00. The number of nitrogens with one attached hydrogen (secondary N) is 3. The van der Waals surface area contributed by atoms with Crippen LogP contribution in [0.1, 0.15) is 25.5 Å². The lowest BCUT2D eigenvalue weighted by Crippen LogP contribution is -2.31. The van der Waals surface area contributed by atoms with Crippen LogP contribution in [0.2, 0.25) is 0 Å². The van der Waals surface area contributed by atoms with Crippen LogP contribution in [0.25, 0.3) is 0 Å². The maximum absolute atomic E-state index is 5.47.